The van der Waals surface area contributed by atoms with E-state index in [1.807, 2.05) is 0 Å². The third kappa shape index (κ3) is 4.23. The second-order valence-corrected chi connectivity index (χ2v) is 6.76. The molecule has 0 saturated carbocycles. The van der Waals surface area contributed by atoms with E-state index in [0.717, 1.165) is 17.6 Å². The van der Waals surface area contributed by atoms with Crippen molar-refractivity contribution >= 4 is 37.8 Å². The highest BCUT2D eigenvalue weighted by Gasteiger charge is 2.14. The summed E-state index contributed by atoms with van der Waals surface area (Å²) >= 11 is 1.14. The molecule has 0 aliphatic rings. The first kappa shape index (κ1) is 13.8. The second-order valence-electron chi connectivity index (χ2n) is 3.44. The van der Waals surface area contributed by atoms with E-state index in [4.69, 9.17) is 5.73 Å². The van der Waals surface area contributed by atoms with E-state index in [2.05, 4.69) is 10.1 Å². The van der Waals surface area contributed by atoms with E-state index in [1.54, 1.807) is 6.07 Å². The molecule has 3 N–H and O–H groups in total. The van der Waals surface area contributed by atoms with Crippen molar-refractivity contribution in [1.82, 2.24) is 0 Å². The lowest BCUT2D eigenvalue weighted by atomic mass is 10.4. The fourth-order valence-corrected chi connectivity index (χ4v) is 2.50. The summed E-state index contributed by atoms with van der Waals surface area (Å²) in [4.78, 5) is 11.6. The lowest BCUT2D eigenvalue weighted by Gasteiger charge is -2.01. The molecule has 96 valence electrons. The van der Waals surface area contributed by atoms with Crippen molar-refractivity contribution in [1.29, 1.82) is 0 Å². The van der Waals surface area contributed by atoms with E-state index in [0.29, 0.717) is 15.6 Å². The van der Waals surface area contributed by atoms with Gasteiger partial charge >= 0.3 is 5.97 Å². The van der Waals surface area contributed by atoms with Gasteiger partial charge in [0.15, 0.2) is 0 Å². The van der Waals surface area contributed by atoms with Gasteiger partial charge in [-0.1, -0.05) is 0 Å². The quantitative estimate of drug-likeness (QED) is 0.764. The van der Waals surface area contributed by atoms with Crippen LogP contribution < -0.4 is 11.1 Å². The van der Waals surface area contributed by atoms with Crippen molar-refractivity contribution in [2.75, 3.05) is 36.7 Å². The molecule has 0 atom stereocenters. The molecule has 0 amide bonds. The smallest absolute Gasteiger partial charge is 0.350 e. The largest absolute Gasteiger partial charge is 0.465 e. The molecule has 1 aromatic heterocycles. The van der Waals surface area contributed by atoms with Crippen molar-refractivity contribution in [3.63, 3.8) is 0 Å². The average Bonchev–Trinajstić information content (AvgIpc) is 2.57. The number of ether oxygens (including phenoxy) is 1. The Balaban J connectivity index is 2.65. The fourth-order valence-electron chi connectivity index (χ4n) is 1.10. The van der Waals surface area contributed by atoms with Crippen molar-refractivity contribution in [3.05, 3.63) is 10.9 Å². The monoisotopic (exact) mass is 278 g/mol. The molecular formula is C9H14N2O4S2. The Bertz CT molecular complexity index is 507. The molecule has 6 nitrogen and oxygen atoms in total. The van der Waals surface area contributed by atoms with Crippen LogP contribution in [0.2, 0.25) is 0 Å². The minimum absolute atomic E-state index is 0.0262. The third-order valence-electron chi connectivity index (χ3n) is 1.90. The summed E-state index contributed by atoms with van der Waals surface area (Å²) in [6, 6.07) is 1.58. The van der Waals surface area contributed by atoms with Crippen LogP contribution in [0.5, 0.6) is 0 Å². The van der Waals surface area contributed by atoms with Crippen LogP contribution in [0, 0.1) is 0 Å². The maximum atomic E-state index is 11.3. The Morgan fingerprint density at radius 2 is 2.24 bits per heavy atom. The van der Waals surface area contributed by atoms with Gasteiger partial charge in [-0.05, 0) is 6.07 Å². The van der Waals surface area contributed by atoms with Gasteiger partial charge < -0.3 is 15.8 Å². The zero-order chi connectivity index (χ0) is 13.1. The van der Waals surface area contributed by atoms with Gasteiger partial charge in [-0.3, -0.25) is 0 Å². The van der Waals surface area contributed by atoms with Crippen molar-refractivity contribution in [2.24, 2.45) is 0 Å². The molecule has 17 heavy (non-hydrogen) atoms. The van der Waals surface area contributed by atoms with Crippen molar-refractivity contribution in [3.8, 4) is 0 Å². The fraction of sp³-hybridized carbons (Fsp3) is 0.444. The zero-order valence-corrected chi connectivity index (χ0v) is 11.2. The van der Waals surface area contributed by atoms with Gasteiger partial charge in [-0.2, -0.15) is 0 Å². The Morgan fingerprint density at radius 1 is 1.59 bits per heavy atom. The molecule has 0 spiro atoms. The number of thiophene rings is 1. The summed E-state index contributed by atoms with van der Waals surface area (Å²) in [7, 11) is -1.72. The highest BCUT2D eigenvalue weighted by atomic mass is 32.2. The molecule has 1 rings (SSSR count). The van der Waals surface area contributed by atoms with E-state index in [-0.39, 0.29) is 12.3 Å². The predicted octanol–water partition coefficient (Wildman–Crippen LogP) is 0.573. The maximum Gasteiger partial charge on any atom is 0.350 e. The van der Waals surface area contributed by atoms with Crippen LogP contribution in [0.15, 0.2) is 6.07 Å². The van der Waals surface area contributed by atoms with Gasteiger partial charge in [0, 0.05) is 12.8 Å². The molecule has 0 aliphatic heterocycles. The summed E-state index contributed by atoms with van der Waals surface area (Å²) in [5.41, 5.74) is 5.95. The van der Waals surface area contributed by atoms with Crippen LogP contribution in [-0.4, -0.2) is 40.1 Å². The SMILES string of the molecule is COC(=O)c1sc(NCCS(C)(=O)=O)cc1N. The van der Waals surface area contributed by atoms with Gasteiger partial charge in [0.25, 0.3) is 0 Å². The number of nitrogen functional groups attached to an aromatic ring is 1. The molecule has 0 unspecified atom stereocenters. The number of nitrogens with two attached hydrogens (primary N) is 1. The number of nitrogens with one attached hydrogen (secondary N) is 1. The van der Waals surface area contributed by atoms with Crippen LogP contribution in [0.25, 0.3) is 0 Å². The molecular weight excluding hydrogens is 264 g/mol. The normalized spacial score (nSPS) is 11.2. The molecule has 0 fully saturated rings. The van der Waals surface area contributed by atoms with Gasteiger partial charge in [-0.15, -0.1) is 11.3 Å². The van der Waals surface area contributed by atoms with Crippen molar-refractivity contribution < 1.29 is 17.9 Å². The first-order valence-electron chi connectivity index (χ1n) is 4.72. The Hall–Kier alpha value is -1.28. The molecule has 0 aromatic carbocycles. The minimum atomic E-state index is -3.00. The van der Waals surface area contributed by atoms with Gasteiger partial charge in [0.2, 0.25) is 0 Å². The topological polar surface area (TPSA) is 98.5 Å². The van der Waals surface area contributed by atoms with Gasteiger partial charge in [0.1, 0.15) is 14.7 Å². The number of carbonyl (C=O) groups is 1. The summed E-state index contributed by atoms with van der Waals surface area (Å²) in [5, 5.41) is 3.54. The lowest BCUT2D eigenvalue weighted by Crippen LogP contribution is -2.13. The second kappa shape index (κ2) is 5.37. The van der Waals surface area contributed by atoms with Crippen LogP contribution in [0.1, 0.15) is 9.67 Å². The third-order valence-corrected chi connectivity index (χ3v) is 3.94. The Labute approximate surface area is 104 Å². The van der Waals surface area contributed by atoms with Crippen LogP contribution in [-0.2, 0) is 14.6 Å². The number of sulfone groups is 1. The van der Waals surface area contributed by atoms with Crippen LogP contribution in [0.3, 0.4) is 0 Å². The summed E-state index contributed by atoms with van der Waals surface area (Å²) in [5.74, 6) is -0.470. The first-order valence-corrected chi connectivity index (χ1v) is 7.60. The minimum Gasteiger partial charge on any atom is -0.465 e. The van der Waals surface area contributed by atoms with E-state index >= 15 is 0 Å². The molecule has 8 heteroatoms. The van der Waals surface area contributed by atoms with E-state index in [1.165, 1.54) is 7.11 Å². The number of carbonyl (C=O) groups excluding carboxylic acids is 1. The zero-order valence-electron chi connectivity index (χ0n) is 9.52. The van der Waals surface area contributed by atoms with Crippen molar-refractivity contribution in [2.45, 2.75) is 0 Å². The predicted molar refractivity (Wildman–Crippen MR) is 68.3 cm³/mol. The number of methoxy groups -OCH3 is 1. The summed E-state index contributed by atoms with van der Waals surface area (Å²) < 4.78 is 26.4. The lowest BCUT2D eigenvalue weighted by molar-refractivity contribution is 0.0607. The number of hydrogen-bond acceptors (Lipinski definition) is 7. The maximum absolute atomic E-state index is 11.3. The molecule has 0 saturated heterocycles. The van der Waals surface area contributed by atoms with E-state index in [9.17, 15) is 13.2 Å². The van der Waals surface area contributed by atoms with Crippen LogP contribution in [0.4, 0.5) is 10.7 Å². The summed E-state index contributed by atoms with van der Waals surface area (Å²) in [6.07, 6.45) is 1.16. The number of anilines is 2. The highest BCUT2D eigenvalue weighted by molar-refractivity contribution is 7.90. The van der Waals surface area contributed by atoms with E-state index < -0.39 is 15.8 Å². The molecule has 1 heterocycles. The van der Waals surface area contributed by atoms with Gasteiger partial charge in [-0.25, -0.2) is 13.2 Å². The summed E-state index contributed by atoms with van der Waals surface area (Å²) in [6.45, 7) is 0.277. The molecule has 0 radical (unpaired) electrons. The number of rotatable bonds is 5. The number of esters is 1. The van der Waals surface area contributed by atoms with Gasteiger partial charge in [0.05, 0.1) is 23.6 Å². The van der Waals surface area contributed by atoms with Crippen LogP contribution >= 0.6 is 11.3 Å². The number of hydrogen-bond donors (Lipinski definition) is 2. The Kier molecular flexibility index (Phi) is 4.35. The average molecular weight is 278 g/mol. The molecule has 1 aromatic rings. The highest BCUT2D eigenvalue weighted by Crippen LogP contribution is 2.29. The molecule has 0 aliphatic carbocycles. The first-order chi connectivity index (χ1) is 7.83. The molecule has 0 bridgehead atoms. The standard InChI is InChI=1S/C9H14N2O4S2/c1-15-9(12)8-6(10)5-7(16-8)11-3-4-17(2,13)14/h5,11H,3-4,10H2,1-2H3. The Morgan fingerprint density at radius 3 is 2.76 bits per heavy atom.